The van der Waals surface area contributed by atoms with Crippen molar-refractivity contribution in [2.45, 2.75) is 26.4 Å². The third-order valence-electron chi connectivity index (χ3n) is 2.42. The Morgan fingerprint density at radius 3 is 2.21 bits per heavy atom. The second kappa shape index (κ2) is 5.86. The molecule has 1 rings (SSSR count). The maximum absolute atomic E-state index is 12.4. The lowest BCUT2D eigenvalue weighted by molar-refractivity contribution is -0.427. The molecule has 0 fully saturated rings. The predicted molar refractivity (Wildman–Crippen MR) is 65.9 cm³/mol. The number of halogens is 3. The molecular weight excluding hydrogens is 259 g/mol. The summed E-state index contributed by atoms with van der Waals surface area (Å²) in [6, 6.07) is 4.29. The minimum absolute atomic E-state index is 0.00485. The lowest BCUT2D eigenvalue weighted by Crippen LogP contribution is -2.04. The Labute approximate surface area is 108 Å². The largest absolute Gasteiger partial charge is 0.416 e. The van der Waals surface area contributed by atoms with Gasteiger partial charge in [0.25, 0.3) is 0 Å². The molecule has 3 nitrogen and oxygen atoms in total. The van der Waals surface area contributed by atoms with Gasteiger partial charge in [0.15, 0.2) is 0 Å². The Balaban J connectivity index is 2.99. The van der Waals surface area contributed by atoms with E-state index in [0.29, 0.717) is 5.56 Å². The van der Waals surface area contributed by atoms with Crippen LogP contribution < -0.4 is 0 Å². The first-order chi connectivity index (χ1) is 8.70. The molecule has 0 heterocycles. The molecule has 0 aromatic heterocycles. The highest BCUT2D eigenvalue weighted by Gasteiger charge is 2.29. The molecule has 6 heteroatoms. The molecule has 0 amide bonds. The van der Waals surface area contributed by atoms with Crippen LogP contribution in [0.4, 0.5) is 13.2 Å². The van der Waals surface area contributed by atoms with E-state index < -0.39 is 16.7 Å². The Morgan fingerprint density at radius 2 is 1.84 bits per heavy atom. The predicted octanol–water partition coefficient (Wildman–Crippen LogP) is 4.37. The third-order valence-corrected chi connectivity index (χ3v) is 2.42. The number of allylic oxidation sites excluding steroid dienone is 1. The average Bonchev–Trinajstić information content (AvgIpc) is 2.27. The van der Waals surface area contributed by atoms with Crippen molar-refractivity contribution >= 4 is 6.08 Å². The molecule has 0 aliphatic rings. The Hall–Kier alpha value is -1.85. The molecule has 0 spiro atoms. The van der Waals surface area contributed by atoms with Crippen LogP contribution in [0.1, 0.15) is 31.4 Å². The number of nitro groups is 1. The zero-order valence-electron chi connectivity index (χ0n) is 10.6. The summed E-state index contributed by atoms with van der Waals surface area (Å²) in [5.41, 5.74) is -0.383. The highest BCUT2D eigenvalue weighted by atomic mass is 19.4. The summed E-state index contributed by atoms with van der Waals surface area (Å²) in [5.74, 6) is 0.103. The summed E-state index contributed by atoms with van der Waals surface area (Å²) in [6.45, 7) is 3.67. The number of hydrogen-bond donors (Lipinski definition) is 0. The second-order valence-electron chi connectivity index (χ2n) is 4.61. The highest BCUT2D eigenvalue weighted by molar-refractivity contribution is 5.51. The van der Waals surface area contributed by atoms with E-state index in [1.54, 1.807) is 0 Å². The number of benzene rings is 1. The van der Waals surface area contributed by atoms with Crippen molar-refractivity contribution in [3.05, 3.63) is 51.2 Å². The van der Waals surface area contributed by atoms with Gasteiger partial charge in [0, 0.05) is 12.5 Å². The number of hydrogen-bond acceptors (Lipinski definition) is 2. The normalized spacial score (nSPS) is 12.8. The van der Waals surface area contributed by atoms with Gasteiger partial charge in [-0.3, -0.25) is 10.1 Å². The van der Waals surface area contributed by atoms with E-state index >= 15 is 0 Å². The molecule has 19 heavy (non-hydrogen) atoms. The fourth-order valence-electron chi connectivity index (χ4n) is 1.57. The average molecular weight is 273 g/mol. The van der Waals surface area contributed by atoms with Gasteiger partial charge in [0.2, 0.25) is 5.70 Å². The summed E-state index contributed by atoms with van der Waals surface area (Å²) < 4.78 is 37.1. The molecule has 1 aromatic rings. The van der Waals surface area contributed by atoms with Crippen LogP contribution in [0.15, 0.2) is 30.0 Å². The van der Waals surface area contributed by atoms with Crippen LogP contribution in [-0.4, -0.2) is 4.92 Å². The maximum Gasteiger partial charge on any atom is 0.416 e. The summed E-state index contributed by atoms with van der Waals surface area (Å²) in [7, 11) is 0. The SMILES string of the molecule is CC(C)C/C(=C\c1ccc(C(F)(F)F)cc1)[N+](=O)[O-]. The number of alkyl halides is 3. The van der Waals surface area contributed by atoms with Gasteiger partial charge < -0.3 is 0 Å². The molecule has 0 aliphatic carbocycles. The minimum atomic E-state index is -4.40. The first-order valence-corrected chi connectivity index (χ1v) is 5.72. The molecule has 0 saturated heterocycles. The van der Waals surface area contributed by atoms with Gasteiger partial charge in [-0.05, 0) is 23.6 Å². The number of nitrogens with zero attached hydrogens (tertiary/aromatic N) is 1. The van der Waals surface area contributed by atoms with E-state index in [1.165, 1.54) is 18.2 Å². The number of rotatable bonds is 4. The molecular formula is C13H14F3NO2. The van der Waals surface area contributed by atoms with Gasteiger partial charge in [0.05, 0.1) is 10.5 Å². The molecule has 104 valence electrons. The molecule has 0 bridgehead atoms. The summed E-state index contributed by atoms with van der Waals surface area (Å²) in [4.78, 5) is 10.3. The molecule has 0 radical (unpaired) electrons. The van der Waals surface area contributed by atoms with Gasteiger partial charge in [-0.2, -0.15) is 13.2 Å². The topological polar surface area (TPSA) is 43.1 Å². The van der Waals surface area contributed by atoms with E-state index in [0.717, 1.165) is 12.1 Å². The molecule has 0 saturated carbocycles. The zero-order chi connectivity index (χ0) is 14.6. The van der Waals surface area contributed by atoms with Gasteiger partial charge in [-0.1, -0.05) is 26.0 Å². The summed E-state index contributed by atoms with van der Waals surface area (Å²) >= 11 is 0. The van der Waals surface area contributed by atoms with Crippen molar-refractivity contribution in [3.63, 3.8) is 0 Å². The van der Waals surface area contributed by atoms with Gasteiger partial charge in [-0.15, -0.1) is 0 Å². The fourth-order valence-corrected chi connectivity index (χ4v) is 1.57. The van der Waals surface area contributed by atoms with Crippen molar-refractivity contribution in [1.82, 2.24) is 0 Å². The van der Waals surface area contributed by atoms with Crippen LogP contribution in [0.2, 0.25) is 0 Å². The minimum Gasteiger partial charge on any atom is -0.259 e. The summed E-state index contributed by atoms with van der Waals surface area (Å²) in [6.07, 6.45) is -2.82. The Morgan fingerprint density at radius 1 is 1.32 bits per heavy atom. The van der Waals surface area contributed by atoms with Crippen molar-refractivity contribution in [2.75, 3.05) is 0 Å². The Kier molecular flexibility index (Phi) is 4.69. The lowest BCUT2D eigenvalue weighted by Gasteiger charge is -2.06. The van der Waals surface area contributed by atoms with E-state index in [2.05, 4.69) is 0 Å². The smallest absolute Gasteiger partial charge is 0.259 e. The maximum atomic E-state index is 12.4. The fraction of sp³-hybridized carbons (Fsp3) is 0.385. The van der Waals surface area contributed by atoms with Crippen molar-refractivity contribution in [1.29, 1.82) is 0 Å². The lowest BCUT2D eigenvalue weighted by atomic mass is 10.1. The van der Waals surface area contributed by atoms with E-state index in [9.17, 15) is 23.3 Å². The van der Waals surface area contributed by atoms with Crippen LogP contribution in [0.5, 0.6) is 0 Å². The molecule has 0 aliphatic heterocycles. The first kappa shape index (κ1) is 15.2. The Bertz CT molecular complexity index is 476. The van der Waals surface area contributed by atoms with Crippen molar-refractivity contribution < 1.29 is 18.1 Å². The molecule has 0 atom stereocenters. The van der Waals surface area contributed by atoms with Gasteiger partial charge in [0.1, 0.15) is 0 Å². The van der Waals surface area contributed by atoms with E-state index in [-0.39, 0.29) is 18.0 Å². The van der Waals surface area contributed by atoms with Crippen LogP contribution >= 0.6 is 0 Å². The third kappa shape index (κ3) is 4.73. The first-order valence-electron chi connectivity index (χ1n) is 5.72. The second-order valence-corrected chi connectivity index (χ2v) is 4.61. The van der Waals surface area contributed by atoms with Gasteiger partial charge in [-0.25, -0.2) is 0 Å². The standard InChI is InChI=1S/C13H14F3NO2/c1-9(2)7-12(17(18)19)8-10-3-5-11(6-4-10)13(14,15)16/h3-6,8-9H,7H2,1-2H3/b12-8+. The van der Waals surface area contributed by atoms with Crippen LogP contribution in [-0.2, 0) is 6.18 Å². The van der Waals surface area contributed by atoms with E-state index in [1.807, 2.05) is 13.8 Å². The van der Waals surface area contributed by atoms with Gasteiger partial charge >= 0.3 is 6.18 Å². The molecule has 1 aromatic carbocycles. The van der Waals surface area contributed by atoms with Crippen LogP contribution in [0.25, 0.3) is 6.08 Å². The van der Waals surface area contributed by atoms with E-state index in [4.69, 9.17) is 0 Å². The molecule has 0 unspecified atom stereocenters. The summed E-state index contributed by atoms with van der Waals surface area (Å²) in [5, 5.41) is 10.8. The van der Waals surface area contributed by atoms with Crippen molar-refractivity contribution in [2.24, 2.45) is 5.92 Å². The molecule has 0 N–H and O–H groups in total. The zero-order valence-corrected chi connectivity index (χ0v) is 10.6. The monoisotopic (exact) mass is 273 g/mol. The van der Waals surface area contributed by atoms with Crippen molar-refractivity contribution in [3.8, 4) is 0 Å². The van der Waals surface area contributed by atoms with Crippen LogP contribution in [0.3, 0.4) is 0 Å². The highest BCUT2D eigenvalue weighted by Crippen LogP contribution is 2.29. The van der Waals surface area contributed by atoms with Crippen LogP contribution in [0, 0.1) is 16.0 Å². The quantitative estimate of drug-likeness (QED) is 0.604.